The monoisotopic (exact) mass is 543 g/mol. The topological polar surface area (TPSA) is 110 Å². The second-order valence-electron chi connectivity index (χ2n) is 8.60. The number of oxime groups is 1. The molecular weight excluding hydrogens is 514 g/mol. The molecule has 0 atom stereocenters. The third-order valence-electron chi connectivity index (χ3n) is 5.96. The van der Waals surface area contributed by atoms with Gasteiger partial charge >= 0.3 is 11.9 Å². The number of hydrogen-bond acceptors (Lipinski definition) is 8. The van der Waals surface area contributed by atoms with Crippen LogP contribution >= 0.6 is 11.3 Å². The first kappa shape index (κ1) is 27.5. The van der Waals surface area contributed by atoms with E-state index in [0.29, 0.717) is 5.13 Å². The number of aliphatic carboxylic acids is 1. The van der Waals surface area contributed by atoms with Crippen LogP contribution in [0, 0.1) is 0 Å². The smallest absolute Gasteiger partial charge is 0.360 e. The lowest BCUT2D eigenvalue weighted by atomic mass is 9.77. The summed E-state index contributed by atoms with van der Waals surface area (Å²) in [5.74, 6) is -1.94. The SMILES string of the molecule is CCCCOC(=O)CO/N=C(\C(=O)O)c1csc(NC(c2ccccc2)(c2ccccc2)c2ccccc2)n1. The van der Waals surface area contributed by atoms with Crippen molar-refractivity contribution < 1.29 is 24.3 Å². The summed E-state index contributed by atoms with van der Waals surface area (Å²) in [5.41, 5.74) is 1.82. The van der Waals surface area contributed by atoms with Crippen molar-refractivity contribution in [1.82, 2.24) is 4.98 Å². The first-order valence-corrected chi connectivity index (χ1v) is 13.4. The molecule has 4 rings (SSSR count). The summed E-state index contributed by atoms with van der Waals surface area (Å²) in [7, 11) is 0. The van der Waals surface area contributed by atoms with Crippen molar-refractivity contribution in [3.05, 3.63) is 119 Å². The molecule has 1 aromatic heterocycles. The van der Waals surface area contributed by atoms with Gasteiger partial charge in [0.1, 0.15) is 11.2 Å². The first-order chi connectivity index (χ1) is 19.0. The summed E-state index contributed by atoms with van der Waals surface area (Å²) in [6, 6.07) is 30.0. The molecule has 0 unspecified atom stereocenters. The van der Waals surface area contributed by atoms with Gasteiger partial charge in [-0.05, 0) is 23.1 Å². The summed E-state index contributed by atoms with van der Waals surface area (Å²) in [6.07, 6.45) is 1.62. The Kier molecular flexibility index (Phi) is 9.42. The molecule has 0 aliphatic carbocycles. The number of hydrogen-bond donors (Lipinski definition) is 2. The lowest BCUT2D eigenvalue weighted by Gasteiger charge is -2.36. The zero-order valence-electron chi connectivity index (χ0n) is 21.4. The molecule has 0 fully saturated rings. The fraction of sp³-hybridized carbons (Fsp3) is 0.200. The van der Waals surface area contributed by atoms with Crippen LogP contribution in [-0.4, -0.2) is 41.0 Å². The molecule has 8 nitrogen and oxygen atoms in total. The minimum absolute atomic E-state index is 0.109. The molecule has 1 heterocycles. The Labute approximate surface area is 230 Å². The average Bonchev–Trinajstić information content (AvgIpc) is 3.43. The van der Waals surface area contributed by atoms with Crippen molar-refractivity contribution in [3.63, 3.8) is 0 Å². The van der Waals surface area contributed by atoms with Crippen LogP contribution in [0.15, 0.2) is 102 Å². The van der Waals surface area contributed by atoms with Gasteiger partial charge in [-0.15, -0.1) is 11.3 Å². The van der Waals surface area contributed by atoms with Crippen LogP contribution in [0.1, 0.15) is 42.1 Å². The number of unbranched alkanes of at least 4 members (excludes halogenated alkanes) is 1. The number of ether oxygens (including phenoxy) is 1. The Morgan fingerprint density at radius 2 is 1.46 bits per heavy atom. The standard InChI is InChI=1S/C30H29N3O5S/c1-2-3-19-37-26(34)20-38-33-27(28(35)36)25-21-39-29(31-25)32-30(22-13-7-4-8-14-22,23-15-9-5-10-16-23)24-17-11-6-12-18-24/h4-18,21H,2-3,19-20H2,1H3,(H,31,32)(H,35,36)/b33-27-. The molecule has 4 aromatic rings. The number of carboxylic acid groups (broad SMARTS) is 1. The van der Waals surface area contributed by atoms with Gasteiger partial charge in [-0.3, -0.25) is 0 Å². The zero-order valence-corrected chi connectivity index (χ0v) is 22.3. The van der Waals surface area contributed by atoms with Gasteiger partial charge in [-0.1, -0.05) is 109 Å². The van der Waals surface area contributed by atoms with Crippen LogP contribution in [0.5, 0.6) is 0 Å². The molecule has 0 bridgehead atoms. The lowest BCUT2D eigenvalue weighted by Crippen LogP contribution is -2.38. The van der Waals surface area contributed by atoms with Crippen molar-refractivity contribution in [2.75, 3.05) is 18.5 Å². The van der Waals surface area contributed by atoms with Crippen molar-refractivity contribution in [1.29, 1.82) is 0 Å². The minimum atomic E-state index is -1.33. The molecular formula is C30H29N3O5S. The molecule has 0 saturated carbocycles. The van der Waals surface area contributed by atoms with Crippen LogP contribution in [0.3, 0.4) is 0 Å². The number of carboxylic acids is 1. The van der Waals surface area contributed by atoms with Crippen molar-refractivity contribution in [2.24, 2.45) is 5.16 Å². The van der Waals surface area contributed by atoms with Gasteiger partial charge in [-0.2, -0.15) is 0 Å². The van der Waals surface area contributed by atoms with Gasteiger partial charge in [0.05, 0.1) is 6.61 Å². The van der Waals surface area contributed by atoms with Crippen molar-refractivity contribution in [3.8, 4) is 0 Å². The normalized spacial score (nSPS) is 11.6. The molecule has 0 spiro atoms. The highest BCUT2D eigenvalue weighted by Gasteiger charge is 2.37. The Morgan fingerprint density at radius 1 is 0.923 bits per heavy atom. The lowest BCUT2D eigenvalue weighted by molar-refractivity contribution is -0.149. The van der Waals surface area contributed by atoms with Gasteiger partial charge < -0.3 is 20.0 Å². The number of anilines is 1. The third-order valence-corrected chi connectivity index (χ3v) is 6.72. The molecule has 0 radical (unpaired) electrons. The predicted octanol–water partition coefficient (Wildman–Crippen LogP) is 5.70. The number of nitrogens with zero attached hydrogens (tertiary/aromatic N) is 2. The van der Waals surface area contributed by atoms with E-state index in [0.717, 1.165) is 29.5 Å². The van der Waals surface area contributed by atoms with E-state index in [4.69, 9.17) is 9.57 Å². The van der Waals surface area contributed by atoms with Crippen LogP contribution in [0.2, 0.25) is 0 Å². The molecule has 9 heteroatoms. The number of carbonyl (C=O) groups excluding carboxylic acids is 1. The molecule has 200 valence electrons. The van der Waals surface area contributed by atoms with Crippen LogP contribution < -0.4 is 5.32 Å². The molecule has 39 heavy (non-hydrogen) atoms. The highest BCUT2D eigenvalue weighted by atomic mass is 32.1. The Balaban J connectivity index is 1.67. The van der Waals surface area contributed by atoms with Crippen molar-refractivity contribution >= 4 is 34.1 Å². The molecule has 0 amide bonds. The van der Waals surface area contributed by atoms with Crippen LogP contribution in [0.4, 0.5) is 5.13 Å². The van der Waals surface area contributed by atoms with E-state index in [1.165, 1.54) is 11.3 Å². The molecule has 3 aromatic carbocycles. The fourth-order valence-corrected chi connectivity index (χ4v) is 4.85. The maximum Gasteiger partial charge on any atom is 0.360 e. The number of aromatic nitrogens is 1. The Bertz CT molecular complexity index is 1300. The van der Waals surface area contributed by atoms with Crippen molar-refractivity contribution in [2.45, 2.75) is 25.3 Å². The highest BCUT2D eigenvalue weighted by molar-refractivity contribution is 7.14. The molecule has 2 N–H and O–H groups in total. The van der Waals surface area contributed by atoms with E-state index in [1.807, 2.05) is 97.9 Å². The largest absolute Gasteiger partial charge is 0.476 e. The van der Waals surface area contributed by atoms with Gasteiger partial charge in [0.15, 0.2) is 5.13 Å². The zero-order chi connectivity index (χ0) is 27.5. The molecule has 0 saturated heterocycles. The van der Waals surface area contributed by atoms with E-state index in [1.54, 1.807) is 5.38 Å². The van der Waals surface area contributed by atoms with Crippen LogP contribution in [0.25, 0.3) is 0 Å². The Hall–Kier alpha value is -4.50. The molecule has 0 aliphatic heterocycles. The fourth-order valence-electron chi connectivity index (χ4n) is 4.10. The first-order valence-electron chi connectivity index (χ1n) is 12.5. The van der Waals surface area contributed by atoms with Gasteiger partial charge in [0.2, 0.25) is 12.3 Å². The van der Waals surface area contributed by atoms with E-state index in [-0.39, 0.29) is 12.3 Å². The van der Waals surface area contributed by atoms with E-state index < -0.39 is 29.8 Å². The summed E-state index contributed by atoms with van der Waals surface area (Å²) in [5, 5.41) is 19.1. The van der Waals surface area contributed by atoms with E-state index >= 15 is 0 Å². The minimum Gasteiger partial charge on any atom is -0.476 e. The number of rotatable bonds is 13. The number of esters is 1. The van der Waals surface area contributed by atoms with Gasteiger partial charge in [0, 0.05) is 5.38 Å². The summed E-state index contributed by atoms with van der Waals surface area (Å²) in [4.78, 5) is 33.3. The van der Waals surface area contributed by atoms with Crippen LogP contribution in [-0.2, 0) is 24.7 Å². The highest BCUT2D eigenvalue weighted by Crippen LogP contribution is 2.40. The van der Waals surface area contributed by atoms with Gasteiger partial charge in [0.25, 0.3) is 0 Å². The van der Waals surface area contributed by atoms with E-state index in [9.17, 15) is 14.7 Å². The molecule has 0 aliphatic rings. The quantitative estimate of drug-likeness (QED) is 0.0732. The average molecular weight is 544 g/mol. The summed E-state index contributed by atoms with van der Waals surface area (Å²) >= 11 is 1.25. The second-order valence-corrected chi connectivity index (χ2v) is 9.46. The maximum absolute atomic E-state index is 12.0. The number of benzene rings is 3. The Morgan fingerprint density at radius 3 is 1.95 bits per heavy atom. The van der Waals surface area contributed by atoms with Gasteiger partial charge in [-0.25, -0.2) is 14.6 Å². The second kappa shape index (κ2) is 13.3. The maximum atomic E-state index is 12.0. The summed E-state index contributed by atoms with van der Waals surface area (Å²) < 4.78 is 5.01. The number of carbonyl (C=O) groups is 2. The predicted molar refractivity (Wildman–Crippen MR) is 151 cm³/mol. The summed E-state index contributed by atoms with van der Waals surface area (Å²) in [6.45, 7) is 1.77. The third kappa shape index (κ3) is 6.69. The van der Waals surface area contributed by atoms with E-state index in [2.05, 4.69) is 15.5 Å². The number of nitrogens with one attached hydrogen (secondary N) is 1. The number of thiazole rings is 1.